The van der Waals surface area contributed by atoms with Crippen molar-refractivity contribution in [2.45, 2.75) is 26.9 Å². The highest BCUT2D eigenvalue weighted by Gasteiger charge is 2.06. The number of rotatable bonds is 4. The second kappa shape index (κ2) is 5.56. The van der Waals surface area contributed by atoms with Gasteiger partial charge < -0.3 is 10.4 Å². The number of aromatic hydroxyl groups is 1. The first-order chi connectivity index (χ1) is 9.04. The smallest absolute Gasteiger partial charge is 0.242 e. The number of aromatic nitrogens is 2. The van der Waals surface area contributed by atoms with Gasteiger partial charge in [-0.25, -0.2) is 0 Å². The Morgan fingerprint density at radius 1 is 1.37 bits per heavy atom. The maximum Gasteiger partial charge on any atom is 0.242 e. The summed E-state index contributed by atoms with van der Waals surface area (Å²) in [4.78, 5) is 11.8. The number of nitrogens with one attached hydrogen (secondary N) is 1. The summed E-state index contributed by atoms with van der Waals surface area (Å²) in [6.07, 6.45) is 0. The van der Waals surface area contributed by atoms with Crippen molar-refractivity contribution in [3.8, 4) is 5.75 Å². The van der Waals surface area contributed by atoms with Crippen LogP contribution in [0.15, 0.2) is 30.3 Å². The van der Waals surface area contributed by atoms with Crippen LogP contribution in [0.1, 0.15) is 17.0 Å². The molecule has 0 spiro atoms. The van der Waals surface area contributed by atoms with E-state index in [1.165, 1.54) is 0 Å². The summed E-state index contributed by atoms with van der Waals surface area (Å²) in [5, 5.41) is 16.4. The Hall–Kier alpha value is -2.30. The molecule has 0 fully saturated rings. The lowest BCUT2D eigenvalue weighted by Gasteiger charge is -2.07. The predicted molar refractivity (Wildman–Crippen MR) is 71.7 cm³/mol. The number of nitrogens with zero attached hydrogens (tertiary/aromatic N) is 2. The molecule has 2 rings (SSSR count). The highest BCUT2D eigenvalue weighted by Crippen LogP contribution is 2.10. The fraction of sp³-hybridized carbons (Fsp3) is 0.286. The number of hydrogen-bond acceptors (Lipinski definition) is 3. The van der Waals surface area contributed by atoms with E-state index in [0.29, 0.717) is 6.54 Å². The van der Waals surface area contributed by atoms with Crippen molar-refractivity contribution in [2.24, 2.45) is 0 Å². The standard InChI is InChI=1S/C14H17N3O2/c1-10-6-11(2)17(16-10)9-14(19)15-8-12-4-3-5-13(18)7-12/h3-7,18H,8-9H2,1-2H3,(H,15,19). The first-order valence-electron chi connectivity index (χ1n) is 6.10. The largest absolute Gasteiger partial charge is 0.508 e. The number of carbonyl (C=O) groups is 1. The SMILES string of the molecule is Cc1cc(C)n(CC(=O)NCc2cccc(O)c2)n1. The van der Waals surface area contributed by atoms with Crippen molar-refractivity contribution in [3.63, 3.8) is 0 Å². The molecule has 1 aromatic carbocycles. The molecule has 5 heteroatoms. The molecule has 1 amide bonds. The minimum atomic E-state index is -0.102. The van der Waals surface area contributed by atoms with Gasteiger partial charge in [0.25, 0.3) is 0 Å². The number of amides is 1. The maximum atomic E-state index is 11.8. The molecule has 0 radical (unpaired) electrons. The molecule has 100 valence electrons. The van der Waals surface area contributed by atoms with Crippen molar-refractivity contribution in [3.05, 3.63) is 47.3 Å². The minimum Gasteiger partial charge on any atom is -0.508 e. The zero-order valence-corrected chi connectivity index (χ0v) is 11.1. The van der Waals surface area contributed by atoms with E-state index < -0.39 is 0 Å². The number of benzene rings is 1. The average Bonchev–Trinajstić information content (AvgIpc) is 2.65. The molecule has 1 aromatic heterocycles. The number of aryl methyl sites for hydroxylation is 2. The lowest BCUT2D eigenvalue weighted by atomic mass is 10.2. The molecule has 0 aliphatic rings. The van der Waals surface area contributed by atoms with Gasteiger partial charge >= 0.3 is 0 Å². The monoisotopic (exact) mass is 259 g/mol. The second-order valence-corrected chi connectivity index (χ2v) is 4.53. The zero-order valence-electron chi connectivity index (χ0n) is 11.1. The molecule has 2 aromatic rings. The molecular formula is C14H17N3O2. The third-order valence-corrected chi connectivity index (χ3v) is 2.80. The molecular weight excluding hydrogens is 242 g/mol. The van der Waals surface area contributed by atoms with E-state index in [-0.39, 0.29) is 18.2 Å². The van der Waals surface area contributed by atoms with Crippen LogP contribution in [0.4, 0.5) is 0 Å². The molecule has 19 heavy (non-hydrogen) atoms. The van der Waals surface area contributed by atoms with Crippen molar-refractivity contribution in [1.82, 2.24) is 15.1 Å². The summed E-state index contributed by atoms with van der Waals surface area (Å²) in [7, 11) is 0. The lowest BCUT2D eigenvalue weighted by molar-refractivity contribution is -0.122. The third-order valence-electron chi connectivity index (χ3n) is 2.80. The Bertz CT molecular complexity index is 590. The average molecular weight is 259 g/mol. The predicted octanol–water partition coefficient (Wildman–Crippen LogP) is 1.52. The molecule has 0 atom stereocenters. The number of hydrogen-bond donors (Lipinski definition) is 2. The normalized spacial score (nSPS) is 10.4. The van der Waals surface area contributed by atoms with E-state index in [1.54, 1.807) is 22.9 Å². The van der Waals surface area contributed by atoms with Gasteiger partial charge in [0.2, 0.25) is 5.91 Å². The van der Waals surface area contributed by atoms with Gasteiger partial charge in [-0.15, -0.1) is 0 Å². The van der Waals surface area contributed by atoms with Gasteiger partial charge in [-0.05, 0) is 37.6 Å². The van der Waals surface area contributed by atoms with E-state index in [4.69, 9.17) is 0 Å². The molecule has 0 saturated heterocycles. The molecule has 2 N–H and O–H groups in total. The van der Waals surface area contributed by atoms with Crippen LogP contribution in [-0.4, -0.2) is 20.8 Å². The zero-order chi connectivity index (χ0) is 13.8. The van der Waals surface area contributed by atoms with E-state index >= 15 is 0 Å². The van der Waals surface area contributed by atoms with E-state index in [0.717, 1.165) is 17.0 Å². The summed E-state index contributed by atoms with van der Waals surface area (Å²) in [6.45, 7) is 4.42. The van der Waals surface area contributed by atoms with Crippen LogP contribution in [0.25, 0.3) is 0 Å². The summed E-state index contributed by atoms with van der Waals surface area (Å²) < 4.78 is 1.67. The van der Waals surface area contributed by atoms with Crippen LogP contribution >= 0.6 is 0 Å². The first kappa shape index (κ1) is 13.1. The van der Waals surface area contributed by atoms with Crippen molar-refractivity contribution in [2.75, 3.05) is 0 Å². The Morgan fingerprint density at radius 3 is 2.79 bits per heavy atom. The molecule has 1 heterocycles. The van der Waals surface area contributed by atoms with Gasteiger partial charge in [-0.1, -0.05) is 12.1 Å². The fourth-order valence-electron chi connectivity index (χ4n) is 1.89. The molecule has 0 bridgehead atoms. The Balaban J connectivity index is 1.90. The van der Waals surface area contributed by atoms with Gasteiger partial charge in [0.05, 0.1) is 5.69 Å². The Kier molecular flexibility index (Phi) is 3.85. The van der Waals surface area contributed by atoms with Crippen LogP contribution in [0.5, 0.6) is 5.75 Å². The van der Waals surface area contributed by atoms with E-state index in [2.05, 4.69) is 10.4 Å². The molecule has 0 unspecified atom stereocenters. The summed E-state index contributed by atoms with van der Waals surface area (Å²) >= 11 is 0. The van der Waals surface area contributed by atoms with Gasteiger partial charge in [-0.2, -0.15) is 5.10 Å². The van der Waals surface area contributed by atoms with Crippen LogP contribution < -0.4 is 5.32 Å². The van der Waals surface area contributed by atoms with E-state index in [1.807, 2.05) is 26.0 Å². The molecule has 0 aliphatic heterocycles. The first-order valence-corrected chi connectivity index (χ1v) is 6.10. The van der Waals surface area contributed by atoms with Crippen LogP contribution in [0.2, 0.25) is 0 Å². The number of phenols is 1. The van der Waals surface area contributed by atoms with Gasteiger partial charge in [0, 0.05) is 12.2 Å². The second-order valence-electron chi connectivity index (χ2n) is 4.53. The maximum absolute atomic E-state index is 11.8. The van der Waals surface area contributed by atoms with Gasteiger partial charge in [0.15, 0.2) is 0 Å². The highest BCUT2D eigenvalue weighted by molar-refractivity contribution is 5.75. The number of carbonyl (C=O) groups excluding carboxylic acids is 1. The van der Waals surface area contributed by atoms with Crippen molar-refractivity contribution < 1.29 is 9.90 Å². The molecule has 0 saturated carbocycles. The summed E-state index contributed by atoms with van der Waals surface area (Å²) in [5.74, 6) is 0.0971. The Morgan fingerprint density at radius 2 is 2.16 bits per heavy atom. The summed E-state index contributed by atoms with van der Waals surface area (Å²) in [6, 6.07) is 8.76. The lowest BCUT2D eigenvalue weighted by Crippen LogP contribution is -2.27. The van der Waals surface area contributed by atoms with Gasteiger partial charge in [-0.3, -0.25) is 9.48 Å². The third kappa shape index (κ3) is 3.58. The van der Waals surface area contributed by atoms with Crippen LogP contribution in [0.3, 0.4) is 0 Å². The highest BCUT2D eigenvalue weighted by atomic mass is 16.3. The van der Waals surface area contributed by atoms with Crippen molar-refractivity contribution in [1.29, 1.82) is 0 Å². The quantitative estimate of drug-likeness (QED) is 0.874. The minimum absolute atomic E-state index is 0.102. The molecule has 0 aliphatic carbocycles. The summed E-state index contributed by atoms with van der Waals surface area (Å²) in [5.41, 5.74) is 2.73. The number of phenolic OH excluding ortho intramolecular Hbond substituents is 1. The topological polar surface area (TPSA) is 67.2 Å². The van der Waals surface area contributed by atoms with E-state index in [9.17, 15) is 9.90 Å². The van der Waals surface area contributed by atoms with Crippen molar-refractivity contribution >= 4 is 5.91 Å². The molecule has 5 nitrogen and oxygen atoms in total. The van der Waals surface area contributed by atoms with Gasteiger partial charge in [0.1, 0.15) is 12.3 Å². The fourth-order valence-corrected chi connectivity index (χ4v) is 1.89. The Labute approximate surface area is 111 Å². The van der Waals surface area contributed by atoms with Crippen LogP contribution in [-0.2, 0) is 17.9 Å². The van der Waals surface area contributed by atoms with Crippen LogP contribution in [0, 0.1) is 13.8 Å².